The van der Waals surface area contributed by atoms with Crippen LogP contribution in [0.1, 0.15) is 28.9 Å². The highest BCUT2D eigenvalue weighted by Gasteiger charge is 2.23. The van der Waals surface area contributed by atoms with E-state index in [1.807, 2.05) is 6.07 Å². The number of morpholine rings is 1. The number of hydrogen-bond donors (Lipinski definition) is 1. The quantitative estimate of drug-likeness (QED) is 0.690. The van der Waals surface area contributed by atoms with E-state index in [2.05, 4.69) is 10.2 Å². The number of hydrogen-bond acceptors (Lipinski definition) is 5. The van der Waals surface area contributed by atoms with E-state index in [-0.39, 0.29) is 30.2 Å². The van der Waals surface area contributed by atoms with Crippen LogP contribution in [-0.2, 0) is 9.53 Å². The van der Waals surface area contributed by atoms with Crippen LogP contribution in [0.15, 0.2) is 48.5 Å². The number of nitrogens with zero attached hydrogens (tertiary/aromatic N) is 1. The SMILES string of the molecule is CC(=O)c1ccc(OCC(=O)NCC(c2cccc(F)c2)N2CCOCC2)cc1. The standard InChI is InChI=1S/C22H25FN2O4/c1-16(26)17-5-7-20(8-6-17)29-15-22(27)24-14-21(25-9-11-28-12-10-25)18-3-2-4-19(23)13-18/h2-8,13,21H,9-12,14-15H2,1H3,(H,24,27). The van der Waals surface area contributed by atoms with Crippen LogP contribution < -0.4 is 10.1 Å². The maximum absolute atomic E-state index is 13.7. The van der Waals surface area contributed by atoms with E-state index < -0.39 is 0 Å². The summed E-state index contributed by atoms with van der Waals surface area (Å²) < 4.78 is 24.6. The molecule has 29 heavy (non-hydrogen) atoms. The minimum atomic E-state index is -0.301. The number of nitrogens with one attached hydrogen (secondary N) is 1. The van der Waals surface area contributed by atoms with Gasteiger partial charge < -0.3 is 14.8 Å². The van der Waals surface area contributed by atoms with Gasteiger partial charge in [-0.05, 0) is 48.9 Å². The number of ether oxygens (including phenoxy) is 2. The molecule has 0 saturated carbocycles. The maximum Gasteiger partial charge on any atom is 0.258 e. The molecule has 0 spiro atoms. The van der Waals surface area contributed by atoms with Gasteiger partial charge in [-0.1, -0.05) is 12.1 Å². The highest BCUT2D eigenvalue weighted by molar-refractivity contribution is 5.94. The summed E-state index contributed by atoms with van der Waals surface area (Å²) in [5, 5.41) is 2.87. The lowest BCUT2D eigenvalue weighted by Crippen LogP contribution is -2.44. The summed E-state index contributed by atoms with van der Waals surface area (Å²) in [6.07, 6.45) is 0. The number of ketones is 1. The predicted molar refractivity (Wildman–Crippen MR) is 106 cm³/mol. The predicted octanol–water partition coefficient (Wildman–Crippen LogP) is 2.60. The molecule has 1 atom stereocenters. The fraction of sp³-hybridized carbons (Fsp3) is 0.364. The Labute approximate surface area is 169 Å². The zero-order valence-corrected chi connectivity index (χ0v) is 16.4. The monoisotopic (exact) mass is 400 g/mol. The van der Waals surface area contributed by atoms with Crippen LogP contribution in [0.4, 0.5) is 4.39 Å². The molecule has 1 aliphatic heterocycles. The summed E-state index contributed by atoms with van der Waals surface area (Å²) in [6, 6.07) is 12.9. The molecular weight excluding hydrogens is 375 g/mol. The lowest BCUT2D eigenvalue weighted by molar-refractivity contribution is -0.123. The normalized spacial score (nSPS) is 15.5. The molecule has 3 rings (SSSR count). The summed E-state index contributed by atoms with van der Waals surface area (Å²) in [6.45, 7) is 4.35. The Balaban J connectivity index is 1.56. The van der Waals surface area contributed by atoms with Crippen LogP contribution in [0.3, 0.4) is 0 Å². The summed E-state index contributed by atoms with van der Waals surface area (Å²) in [5.74, 6) is -0.0828. The average Bonchev–Trinajstić information content (AvgIpc) is 2.73. The maximum atomic E-state index is 13.7. The van der Waals surface area contributed by atoms with Gasteiger partial charge in [0.1, 0.15) is 11.6 Å². The van der Waals surface area contributed by atoms with Gasteiger partial charge >= 0.3 is 0 Å². The van der Waals surface area contributed by atoms with Gasteiger partial charge in [0.15, 0.2) is 12.4 Å². The van der Waals surface area contributed by atoms with E-state index in [9.17, 15) is 14.0 Å². The Morgan fingerprint density at radius 3 is 2.55 bits per heavy atom. The molecule has 1 N–H and O–H groups in total. The zero-order chi connectivity index (χ0) is 20.6. The first-order valence-electron chi connectivity index (χ1n) is 9.60. The van der Waals surface area contributed by atoms with E-state index >= 15 is 0 Å². The molecule has 154 valence electrons. The number of benzene rings is 2. The van der Waals surface area contributed by atoms with Crippen LogP contribution in [0, 0.1) is 5.82 Å². The smallest absolute Gasteiger partial charge is 0.258 e. The molecule has 7 heteroatoms. The first-order chi connectivity index (χ1) is 14.0. The second-order valence-corrected chi connectivity index (χ2v) is 6.89. The number of amides is 1. The number of rotatable bonds is 8. The lowest BCUT2D eigenvalue weighted by Gasteiger charge is -2.35. The fourth-order valence-corrected chi connectivity index (χ4v) is 3.26. The highest BCUT2D eigenvalue weighted by Crippen LogP contribution is 2.22. The third kappa shape index (κ3) is 6.10. The molecule has 1 fully saturated rings. The second kappa shape index (κ2) is 10.1. The summed E-state index contributed by atoms with van der Waals surface area (Å²) in [7, 11) is 0. The number of halogens is 1. The Hall–Kier alpha value is -2.77. The highest BCUT2D eigenvalue weighted by atomic mass is 19.1. The number of Topliss-reactive ketones (excluding diaryl/α,β-unsaturated/α-hetero) is 1. The molecule has 1 aliphatic rings. The second-order valence-electron chi connectivity index (χ2n) is 6.89. The van der Waals surface area contributed by atoms with E-state index in [1.54, 1.807) is 30.3 Å². The summed E-state index contributed by atoms with van der Waals surface area (Å²) >= 11 is 0. The third-order valence-electron chi connectivity index (χ3n) is 4.84. The summed E-state index contributed by atoms with van der Waals surface area (Å²) in [5.41, 5.74) is 1.40. The topological polar surface area (TPSA) is 67.9 Å². The summed E-state index contributed by atoms with van der Waals surface area (Å²) in [4.78, 5) is 25.8. The minimum absolute atomic E-state index is 0.0270. The molecule has 2 aromatic carbocycles. The first kappa shape index (κ1) is 21.0. The van der Waals surface area contributed by atoms with Crippen LogP contribution in [-0.4, -0.2) is 56.0 Å². The number of carbonyl (C=O) groups is 2. The van der Waals surface area contributed by atoms with Crippen LogP contribution in [0.25, 0.3) is 0 Å². The fourth-order valence-electron chi connectivity index (χ4n) is 3.26. The average molecular weight is 400 g/mol. The minimum Gasteiger partial charge on any atom is -0.484 e. The van der Waals surface area contributed by atoms with Crippen molar-refractivity contribution >= 4 is 11.7 Å². The van der Waals surface area contributed by atoms with Gasteiger partial charge in [0.05, 0.1) is 19.3 Å². The first-order valence-corrected chi connectivity index (χ1v) is 9.60. The van der Waals surface area contributed by atoms with Crippen molar-refractivity contribution in [2.24, 2.45) is 0 Å². The Bertz CT molecular complexity index is 835. The third-order valence-corrected chi connectivity index (χ3v) is 4.84. The van der Waals surface area contributed by atoms with Gasteiger partial charge in [0, 0.05) is 25.2 Å². The van der Waals surface area contributed by atoms with Crippen LogP contribution in [0.5, 0.6) is 5.75 Å². The molecule has 1 amide bonds. The molecule has 1 heterocycles. The largest absolute Gasteiger partial charge is 0.484 e. The number of carbonyl (C=O) groups excluding carboxylic acids is 2. The molecule has 0 aliphatic carbocycles. The molecule has 1 unspecified atom stereocenters. The van der Waals surface area contributed by atoms with Crippen molar-refractivity contribution in [3.63, 3.8) is 0 Å². The van der Waals surface area contributed by atoms with E-state index in [1.165, 1.54) is 19.1 Å². The van der Waals surface area contributed by atoms with Gasteiger partial charge in [-0.3, -0.25) is 14.5 Å². The van der Waals surface area contributed by atoms with Gasteiger partial charge in [-0.2, -0.15) is 0 Å². The molecule has 0 aromatic heterocycles. The Morgan fingerprint density at radius 1 is 1.17 bits per heavy atom. The van der Waals surface area contributed by atoms with Crippen LogP contribution >= 0.6 is 0 Å². The Kier molecular flexibility index (Phi) is 7.32. The lowest BCUT2D eigenvalue weighted by atomic mass is 10.0. The molecule has 2 aromatic rings. The zero-order valence-electron chi connectivity index (χ0n) is 16.4. The van der Waals surface area contributed by atoms with Crippen molar-refractivity contribution in [3.8, 4) is 5.75 Å². The van der Waals surface area contributed by atoms with Crippen molar-refractivity contribution < 1.29 is 23.5 Å². The van der Waals surface area contributed by atoms with Gasteiger partial charge in [0.25, 0.3) is 5.91 Å². The van der Waals surface area contributed by atoms with Gasteiger partial charge in [-0.15, -0.1) is 0 Å². The molecule has 1 saturated heterocycles. The van der Waals surface area contributed by atoms with Crippen molar-refractivity contribution in [1.29, 1.82) is 0 Å². The van der Waals surface area contributed by atoms with Gasteiger partial charge in [0.2, 0.25) is 0 Å². The van der Waals surface area contributed by atoms with E-state index in [0.717, 1.165) is 18.7 Å². The molecule has 0 bridgehead atoms. The molecular formula is C22H25FN2O4. The Morgan fingerprint density at radius 2 is 1.90 bits per heavy atom. The van der Waals surface area contributed by atoms with Crippen molar-refractivity contribution in [3.05, 3.63) is 65.5 Å². The van der Waals surface area contributed by atoms with Crippen LogP contribution in [0.2, 0.25) is 0 Å². The molecule has 6 nitrogen and oxygen atoms in total. The van der Waals surface area contributed by atoms with Crippen molar-refractivity contribution in [1.82, 2.24) is 10.2 Å². The van der Waals surface area contributed by atoms with E-state index in [0.29, 0.717) is 31.1 Å². The molecule has 0 radical (unpaired) electrons. The van der Waals surface area contributed by atoms with Gasteiger partial charge in [-0.25, -0.2) is 4.39 Å². The van der Waals surface area contributed by atoms with Crippen molar-refractivity contribution in [2.45, 2.75) is 13.0 Å². The van der Waals surface area contributed by atoms with E-state index in [4.69, 9.17) is 9.47 Å². The van der Waals surface area contributed by atoms with Crippen molar-refractivity contribution in [2.75, 3.05) is 39.5 Å².